The summed E-state index contributed by atoms with van der Waals surface area (Å²) in [4.78, 5) is 14.0. The van der Waals surface area contributed by atoms with Crippen molar-refractivity contribution in [2.45, 2.75) is 31.7 Å². The van der Waals surface area contributed by atoms with Crippen molar-refractivity contribution in [1.82, 2.24) is 10.1 Å². The molecule has 0 spiro atoms. The van der Waals surface area contributed by atoms with Crippen molar-refractivity contribution in [2.24, 2.45) is 5.92 Å². The van der Waals surface area contributed by atoms with E-state index in [2.05, 4.69) is 29.5 Å². The lowest BCUT2D eigenvalue weighted by Gasteiger charge is -2.32. The van der Waals surface area contributed by atoms with Crippen LogP contribution in [0, 0.1) is 5.92 Å². The highest BCUT2D eigenvalue weighted by Gasteiger charge is 2.26. The van der Waals surface area contributed by atoms with Crippen LogP contribution in [0.25, 0.3) is 11.3 Å². The summed E-state index contributed by atoms with van der Waals surface area (Å²) in [7, 11) is 4.26. The fraction of sp³-hybridized carbons (Fsp3) is 0.474. The molecular weight excluding hydrogens is 318 g/mol. The second kappa shape index (κ2) is 7.70. The van der Waals surface area contributed by atoms with Gasteiger partial charge in [-0.05, 0) is 45.7 Å². The van der Waals surface area contributed by atoms with Crippen LogP contribution < -0.4 is 5.32 Å². The molecule has 0 radical (unpaired) electrons. The average Bonchev–Trinajstić information content (AvgIpc) is 3.05. The van der Waals surface area contributed by atoms with Gasteiger partial charge in [-0.3, -0.25) is 0 Å². The van der Waals surface area contributed by atoms with E-state index in [1.165, 1.54) is 12.8 Å². The summed E-state index contributed by atoms with van der Waals surface area (Å²) in [6, 6.07) is 9.87. The normalized spacial score (nSPS) is 20.6. The molecule has 1 fully saturated rings. The minimum atomic E-state index is -1.03. The van der Waals surface area contributed by atoms with Crippen LogP contribution in [-0.4, -0.2) is 47.8 Å². The van der Waals surface area contributed by atoms with E-state index < -0.39 is 5.97 Å². The molecule has 25 heavy (non-hydrogen) atoms. The summed E-state index contributed by atoms with van der Waals surface area (Å²) in [5.74, 6) is 0.127. The van der Waals surface area contributed by atoms with Crippen molar-refractivity contribution in [3.8, 4) is 11.3 Å². The number of rotatable bonds is 6. The lowest BCUT2D eigenvalue weighted by Crippen LogP contribution is -2.33. The topological polar surface area (TPSA) is 78.6 Å². The molecule has 1 aromatic heterocycles. The van der Waals surface area contributed by atoms with E-state index in [-0.39, 0.29) is 5.56 Å². The summed E-state index contributed by atoms with van der Waals surface area (Å²) >= 11 is 0. The van der Waals surface area contributed by atoms with Gasteiger partial charge >= 0.3 is 5.97 Å². The van der Waals surface area contributed by atoms with Gasteiger partial charge in [0.15, 0.2) is 17.1 Å². The van der Waals surface area contributed by atoms with Gasteiger partial charge in [0, 0.05) is 18.2 Å². The van der Waals surface area contributed by atoms with E-state index in [4.69, 9.17) is 4.52 Å². The maximum Gasteiger partial charge on any atom is 0.343 e. The number of aromatic carboxylic acids is 1. The van der Waals surface area contributed by atoms with Gasteiger partial charge in [-0.15, -0.1) is 0 Å². The first-order chi connectivity index (χ1) is 12.1. The number of hydrogen-bond donors (Lipinski definition) is 2. The van der Waals surface area contributed by atoms with Crippen molar-refractivity contribution >= 4 is 11.8 Å². The Labute approximate surface area is 147 Å². The summed E-state index contributed by atoms with van der Waals surface area (Å²) < 4.78 is 5.33. The minimum absolute atomic E-state index is 0.105. The predicted octanol–water partition coefficient (Wildman–Crippen LogP) is 3.57. The Balaban J connectivity index is 1.67. The molecule has 1 saturated carbocycles. The number of nitrogens with one attached hydrogen (secondary N) is 1. The Hall–Kier alpha value is -2.34. The quantitative estimate of drug-likeness (QED) is 0.835. The van der Waals surface area contributed by atoms with Gasteiger partial charge in [-0.2, -0.15) is 0 Å². The van der Waals surface area contributed by atoms with Gasteiger partial charge < -0.3 is 19.8 Å². The van der Waals surface area contributed by atoms with Gasteiger partial charge in [0.05, 0.1) is 0 Å². The van der Waals surface area contributed by atoms with E-state index in [0.29, 0.717) is 29.1 Å². The Morgan fingerprint density at radius 1 is 1.24 bits per heavy atom. The van der Waals surface area contributed by atoms with Crippen LogP contribution in [0.5, 0.6) is 0 Å². The Kier molecular flexibility index (Phi) is 5.38. The fourth-order valence-electron chi connectivity index (χ4n) is 3.50. The standard InChI is InChI=1S/C19H25N3O3/c1-22(2)15-10-8-13(9-11-15)12-20-18-16(19(23)24)17(25-21-18)14-6-4-3-5-7-14/h3-7,13,15H,8-12H2,1-2H3,(H,20,21)(H,23,24). The van der Waals surface area contributed by atoms with Crippen LogP contribution in [-0.2, 0) is 0 Å². The third kappa shape index (κ3) is 4.02. The van der Waals surface area contributed by atoms with E-state index in [1.807, 2.05) is 30.3 Å². The second-order valence-electron chi connectivity index (χ2n) is 6.93. The molecule has 6 nitrogen and oxygen atoms in total. The van der Waals surface area contributed by atoms with Crippen LogP contribution in [0.15, 0.2) is 34.9 Å². The number of anilines is 1. The Bertz CT molecular complexity index is 704. The van der Waals surface area contributed by atoms with Crippen LogP contribution >= 0.6 is 0 Å². The molecular formula is C19H25N3O3. The highest BCUT2D eigenvalue weighted by atomic mass is 16.5. The highest BCUT2D eigenvalue weighted by Crippen LogP contribution is 2.31. The lowest BCUT2D eigenvalue weighted by molar-refractivity contribution is 0.0698. The SMILES string of the molecule is CN(C)C1CCC(CNc2noc(-c3ccccc3)c2C(=O)O)CC1. The number of nitrogens with zero attached hydrogens (tertiary/aromatic N) is 2. The number of hydrogen-bond acceptors (Lipinski definition) is 5. The van der Waals surface area contributed by atoms with Crippen molar-refractivity contribution in [3.63, 3.8) is 0 Å². The zero-order valence-electron chi connectivity index (χ0n) is 14.7. The summed E-state index contributed by atoms with van der Waals surface area (Å²) in [5, 5.41) is 16.7. The zero-order valence-corrected chi connectivity index (χ0v) is 14.7. The molecule has 3 rings (SSSR count). The fourth-order valence-corrected chi connectivity index (χ4v) is 3.50. The Morgan fingerprint density at radius 2 is 1.92 bits per heavy atom. The smallest absolute Gasteiger partial charge is 0.343 e. The monoisotopic (exact) mass is 343 g/mol. The van der Waals surface area contributed by atoms with Crippen molar-refractivity contribution < 1.29 is 14.4 Å². The molecule has 1 aliphatic carbocycles. The van der Waals surface area contributed by atoms with E-state index in [1.54, 1.807) is 0 Å². The van der Waals surface area contributed by atoms with E-state index in [9.17, 15) is 9.90 Å². The van der Waals surface area contributed by atoms with Crippen LogP contribution in [0.2, 0.25) is 0 Å². The van der Waals surface area contributed by atoms with Gasteiger partial charge in [0.1, 0.15) is 0 Å². The molecule has 0 aliphatic heterocycles. The number of benzene rings is 1. The molecule has 1 aliphatic rings. The first kappa shape index (κ1) is 17.5. The number of carbonyl (C=O) groups is 1. The second-order valence-corrected chi connectivity index (χ2v) is 6.93. The predicted molar refractivity (Wildman–Crippen MR) is 96.8 cm³/mol. The highest BCUT2D eigenvalue weighted by molar-refractivity contribution is 5.99. The minimum Gasteiger partial charge on any atom is -0.477 e. The molecule has 134 valence electrons. The molecule has 1 aromatic carbocycles. The average molecular weight is 343 g/mol. The third-order valence-corrected chi connectivity index (χ3v) is 5.05. The molecule has 0 saturated heterocycles. The van der Waals surface area contributed by atoms with E-state index in [0.717, 1.165) is 19.4 Å². The summed E-state index contributed by atoms with van der Waals surface area (Å²) in [6.45, 7) is 0.723. The molecule has 6 heteroatoms. The number of carboxylic acids is 1. The lowest BCUT2D eigenvalue weighted by atomic mass is 9.85. The molecule has 0 amide bonds. The first-order valence-corrected chi connectivity index (χ1v) is 8.75. The molecule has 2 aromatic rings. The van der Waals surface area contributed by atoms with Crippen LogP contribution in [0.4, 0.5) is 5.82 Å². The van der Waals surface area contributed by atoms with Gasteiger partial charge in [-0.25, -0.2) is 4.79 Å². The van der Waals surface area contributed by atoms with Crippen LogP contribution in [0.1, 0.15) is 36.0 Å². The first-order valence-electron chi connectivity index (χ1n) is 8.75. The van der Waals surface area contributed by atoms with Crippen molar-refractivity contribution in [3.05, 3.63) is 35.9 Å². The molecule has 1 heterocycles. The molecule has 0 unspecified atom stereocenters. The van der Waals surface area contributed by atoms with Gasteiger partial charge in [0.2, 0.25) is 0 Å². The van der Waals surface area contributed by atoms with Crippen molar-refractivity contribution in [2.75, 3.05) is 26.0 Å². The summed E-state index contributed by atoms with van der Waals surface area (Å²) in [6.07, 6.45) is 4.64. The maximum absolute atomic E-state index is 11.7. The number of aromatic nitrogens is 1. The maximum atomic E-state index is 11.7. The number of carboxylic acid groups (broad SMARTS) is 1. The van der Waals surface area contributed by atoms with E-state index >= 15 is 0 Å². The molecule has 0 atom stereocenters. The van der Waals surface area contributed by atoms with Gasteiger partial charge in [-0.1, -0.05) is 35.5 Å². The zero-order chi connectivity index (χ0) is 17.8. The molecule has 0 bridgehead atoms. The van der Waals surface area contributed by atoms with Crippen LogP contribution in [0.3, 0.4) is 0 Å². The van der Waals surface area contributed by atoms with Gasteiger partial charge in [0.25, 0.3) is 0 Å². The Morgan fingerprint density at radius 3 is 2.52 bits per heavy atom. The largest absolute Gasteiger partial charge is 0.477 e. The summed E-state index contributed by atoms with van der Waals surface area (Å²) in [5.41, 5.74) is 0.820. The van der Waals surface area contributed by atoms with Crippen molar-refractivity contribution in [1.29, 1.82) is 0 Å². The molecule has 2 N–H and O–H groups in total. The third-order valence-electron chi connectivity index (χ3n) is 5.05.